The molecular weight excluding hydrogens is 442 g/mol. The molecule has 2 bridgehead atoms. The van der Waals surface area contributed by atoms with E-state index in [1.165, 1.54) is 0 Å². The number of carbonyl (C=O) groups is 1. The minimum absolute atomic E-state index is 0.0118. The number of fused-ring (bicyclic) bond motifs is 1. The zero-order valence-electron chi connectivity index (χ0n) is 19.1. The molecule has 174 valence electrons. The number of hydrogen-bond donors (Lipinski definition) is 1. The van der Waals surface area contributed by atoms with Crippen molar-refractivity contribution in [1.29, 1.82) is 0 Å². The van der Waals surface area contributed by atoms with Gasteiger partial charge in [0.15, 0.2) is 5.82 Å². The van der Waals surface area contributed by atoms with E-state index in [2.05, 4.69) is 10.1 Å². The van der Waals surface area contributed by atoms with E-state index in [0.29, 0.717) is 23.4 Å². The SMILES string of the molecule is CC1(C(=O)n2nc(Cc3ccccc3)nc2N)CC2([N+](=O)[O-])c3ccccc3C1c1ccccc12. The van der Waals surface area contributed by atoms with Crippen LogP contribution in [0.5, 0.6) is 0 Å². The Hall–Kier alpha value is -4.33. The quantitative estimate of drug-likeness (QED) is 0.357. The van der Waals surface area contributed by atoms with Crippen LogP contribution in [0.25, 0.3) is 0 Å². The van der Waals surface area contributed by atoms with Gasteiger partial charge in [-0.3, -0.25) is 14.9 Å². The molecule has 3 aliphatic carbocycles. The Labute approximate surface area is 201 Å². The first kappa shape index (κ1) is 21.2. The molecule has 7 rings (SSSR count). The van der Waals surface area contributed by atoms with E-state index in [-0.39, 0.29) is 29.1 Å². The van der Waals surface area contributed by atoms with Crippen molar-refractivity contribution in [1.82, 2.24) is 14.8 Å². The third kappa shape index (κ3) is 2.83. The summed E-state index contributed by atoms with van der Waals surface area (Å²) in [5, 5.41) is 17.3. The molecule has 1 aromatic heterocycles. The lowest BCUT2D eigenvalue weighted by Crippen LogP contribution is -2.57. The molecule has 3 aliphatic rings. The molecule has 1 unspecified atom stereocenters. The predicted octanol–water partition coefficient (Wildman–Crippen LogP) is 4.17. The fourth-order valence-electron chi connectivity index (χ4n) is 6.15. The Kier molecular flexibility index (Phi) is 4.45. The van der Waals surface area contributed by atoms with E-state index in [4.69, 9.17) is 5.73 Å². The highest BCUT2D eigenvalue weighted by Gasteiger charge is 2.67. The normalized spacial score (nSPS) is 24.0. The smallest absolute Gasteiger partial charge is 0.273 e. The van der Waals surface area contributed by atoms with Gasteiger partial charge < -0.3 is 5.73 Å². The molecule has 0 fully saturated rings. The first-order valence-corrected chi connectivity index (χ1v) is 11.5. The van der Waals surface area contributed by atoms with Gasteiger partial charge >= 0.3 is 0 Å². The molecule has 0 amide bonds. The van der Waals surface area contributed by atoms with Gasteiger partial charge in [0.25, 0.3) is 11.4 Å². The Morgan fingerprint density at radius 1 is 1.03 bits per heavy atom. The first-order chi connectivity index (χ1) is 16.9. The van der Waals surface area contributed by atoms with Crippen LogP contribution in [0, 0.1) is 15.5 Å². The van der Waals surface area contributed by atoms with Crippen LogP contribution < -0.4 is 5.73 Å². The Morgan fingerprint density at radius 2 is 1.60 bits per heavy atom. The third-order valence-corrected chi connectivity index (χ3v) is 7.57. The van der Waals surface area contributed by atoms with Crippen molar-refractivity contribution in [2.45, 2.75) is 31.2 Å². The average Bonchev–Trinajstić information content (AvgIpc) is 3.23. The number of aromatic nitrogens is 3. The number of nitrogens with zero attached hydrogens (tertiary/aromatic N) is 4. The lowest BCUT2D eigenvalue weighted by molar-refractivity contribution is -0.573. The van der Waals surface area contributed by atoms with Crippen LogP contribution >= 0.6 is 0 Å². The highest BCUT2D eigenvalue weighted by atomic mass is 16.6. The van der Waals surface area contributed by atoms with Crippen LogP contribution in [0.4, 0.5) is 5.95 Å². The fourth-order valence-corrected chi connectivity index (χ4v) is 6.15. The van der Waals surface area contributed by atoms with E-state index in [1.807, 2.05) is 78.9 Å². The maximum Gasteiger partial charge on any atom is 0.273 e. The Bertz CT molecular complexity index is 1450. The summed E-state index contributed by atoms with van der Waals surface area (Å²) in [7, 11) is 0. The molecule has 1 heterocycles. The van der Waals surface area contributed by atoms with Gasteiger partial charge in [-0.1, -0.05) is 78.9 Å². The van der Waals surface area contributed by atoms with Crippen molar-refractivity contribution in [2.24, 2.45) is 5.41 Å². The molecule has 8 nitrogen and oxygen atoms in total. The summed E-state index contributed by atoms with van der Waals surface area (Å²) in [6, 6.07) is 24.4. The summed E-state index contributed by atoms with van der Waals surface area (Å²) in [5.74, 6) is -0.343. The summed E-state index contributed by atoms with van der Waals surface area (Å²) in [4.78, 5) is 31.0. The largest absolute Gasteiger partial charge is 0.368 e. The predicted molar refractivity (Wildman–Crippen MR) is 130 cm³/mol. The van der Waals surface area contributed by atoms with Crippen LogP contribution in [0.2, 0.25) is 0 Å². The van der Waals surface area contributed by atoms with Crippen LogP contribution in [-0.4, -0.2) is 25.6 Å². The highest BCUT2D eigenvalue weighted by Crippen LogP contribution is 2.64. The zero-order valence-corrected chi connectivity index (χ0v) is 19.1. The minimum Gasteiger partial charge on any atom is -0.368 e. The number of nitrogens with two attached hydrogens (primary N) is 1. The molecule has 0 saturated carbocycles. The second-order valence-electron chi connectivity index (χ2n) is 9.58. The molecule has 0 radical (unpaired) electrons. The average molecular weight is 466 g/mol. The van der Waals surface area contributed by atoms with Crippen LogP contribution in [0.1, 0.15) is 57.7 Å². The van der Waals surface area contributed by atoms with Crippen molar-refractivity contribution in [3.63, 3.8) is 0 Å². The lowest BCUT2D eigenvalue weighted by Gasteiger charge is -2.51. The van der Waals surface area contributed by atoms with Crippen LogP contribution in [0.3, 0.4) is 0 Å². The second kappa shape index (κ2) is 7.33. The zero-order chi connectivity index (χ0) is 24.4. The standard InChI is InChI=1S/C27H23N5O3/c1-26(24(33)31-25(28)29-22(30-31)15-17-9-3-2-4-10-17)16-27(32(34)35)20-13-7-5-11-18(20)23(26)19-12-6-8-14-21(19)27/h2-14,23H,15-16H2,1H3,(H2,28,29,30). The molecule has 2 N–H and O–H groups in total. The first-order valence-electron chi connectivity index (χ1n) is 11.5. The number of benzene rings is 3. The van der Waals surface area contributed by atoms with Gasteiger partial charge in [-0.25, -0.2) is 0 Å². The summed E-state index contributed by atoms with van der Waals surface area (Å²) in [6.45, 7) is 1.79. The van der Waals surface area contributed by atoms with Gasteiger partial charge in [0.2, 0.25) is 5.95 Å². The van der Waals surface area contributed by atoms with Crippen molar-refractivity contribution in [3.05, 3.63) is 123 Å². The van der Waals surface area contributed by atoms with Gasteiger partial charge in [-0.2, -0.15) is 9.67 Å². The van der Waals surface area contributed by atoms with E-state index in [1.54, 1.807) is 6.92 Å². The van der Waals surface area contributed by atoms with Crippen molar-refractivity contribution < 1.29 is 9.72 Å². The van der Waals surface area contributed by atoms with Gasteiger partial charge in [0.05, 0.1) is 5.41 Å². The van der Waals surface area contributed by atoms with E-state index in [0.717, 1.165) is 21.4 Å². The van der Waals surface area contributed by atoms with E-state index < -0.39 is 11.0 Å². The Balaban J connectivity index is 1.50. The molecule has 0 aliphatic heterocycles. The monoisotopic (exact) mass is 465 g/mol. The number of nitrogen functional groups attached to an aromatic ring is 1. The van der Waals surface area contributed by atoms with Gasteiger partial charge in [0, 0.05) is 34.8 Å². The Morgan fingerprint density at radius 3 is 2.20 bits per heavy atom. The summed E-state index contributed by atoms with van der Waals surface area (Å²) in [5.41, 5.74) is 7.38. The second-order valence-corrected chi connectivity index (χ2v) is 9.58. The molecule has 8 heteroatoms. The maximum atomic E-state index is 14.1. The third-order valence-electron chi connectivity index (χ3n) is 7.57. The van der Waals surface area contributed by atoms with Gasteiger partial charge in [-0.15, -0.1) is 5.10 Å². The van der Waals surface area contributed by atoms with Gasteiger partial charge in [-0.05, 0) is 23.6 Å². The number of rotatable bonds is 4. The fraction of sp³-hybridized carbons (Fsp3) is 0.222. The number of anilines is 1. The summed E-state index contributed by atoms with van der Waals surface area (Å²) in [6.07, 6.45) is 0.438. The topological polar surface area (TPSA) is 117 Å². The van der Waals surface area contributed by atoms with Crippen LogP contribution in [-0.2, 0) is 12.0 Å². The molecule has 1 atom stereocenters. The molecular formula is C27H23N5O3. The van der Waals surface area contributed by atoms with Crippen molar-refractivity contribution >= 4 is 11.9 Å². The lowest BCUT2D eigenvalue weighted by atomic mass is 9.49. The molecule has 0 saturated heterocycles. The molecule has 3 aromatic carbocycles. The summed E-state index contributed by atoms with van der Waals surface area (Å²) >= 11 is 0. The minimum atomic E-state index is -1.53. The van der Waals surface area contributed by atoms with Crippen molar-refractivity contribution in [2.75, 3.05) is 5.73 Å². The highest BCUT2D eigenvalue weighted by molar-refractivity contribution is 5.89. The maximum absolute atomic E-state index is 14.1. The summed E-state index contributed by atoms with van der Waals surface area (Å²) < 4.78 is 1.14. The number of nitro groups is 1. The number of hydrogen-bond acceptors (Lipinski definition) is 6. The molecule has 0 spiro atoms. The number of carbonyl (C=O) groups excluding carboxylic acids is 1. The van der Waals surface area contributed by atoms with E-state index >= 15 is 0 Å². The van der Waals surface area contributed by atoms with E-state index in [9.17, 15) is 14.9 Å². The molecule has 4 aromatic rings. The van der Waals surface area contributed by atoms with Crippen LogP contribution in [0.15, 0.2) is 78.9 Å². The van der Waals surface area contributed by atoms with Gasteiger partial charge in [0.1, 0.15) is 0 Å². The van der Waals surface area contributed by atoms with Crippen molar-refractivity contribution in [3.8, 4) is 0 Å². The molecule has 35 heavy (non-hydrogen) atoms.